The molecule has 0 aliphatic heterocycles. The fourth-order valence-electron chi connectivity index (χ4n) is 2.52. The summed E-state index contributed by atoms with van der Waals surface area (Å²) in [5.41, 5.74) is -0.183. The Bertz CT molecular complexity index is 1060. The summed E-state index contributed by atoms with van der Waals surface area (Å²) in [4.78, 5) is 23.0. The van der Waals surface area contributed by atoms with Crippen molar-refractivity contribution in [2.75, 3.05) is 6.61 Å². The lowest BCUT2D eigenvalue weighted by Crippen LogP contribution is -2.18. The highest BCUT2D eigenvalue weighted by Crippen LogP contribution is 2.18. The highest BCUT2D eigenvalue weighted by molar-refractivity contribution is 6.11. The molecule has 0 fully saturated rings. The Morgan fingerprint density at radius 2 is 1.93 bits per heavy atom. The van der Waals surface area contributed by atoms with Crippen molar-refractivity contribution in [1.82, 2.24) is 9.97 Å². The molecule has 0 bridgehead atoms. The lowest BCUT2D eigenvalue weighted by atomic mass is 10.2. The number of hydrogen-bond donors (Lipinski definition) is 2. The van der Waals surface area contributed by atoms with Crippen LogP contribution in [0.4, 0.5) is 8.78 Å². The van der Waals surface area contributed by atoms with Crippen LogP contribution in [0.25, 0.3) is 0 Å². The Hall–Kier alpha value is -3.88. The molecule has 154 valence electrons. The maximum atomic E-state index is 12.9. The predicted octanol–water partition coefficient (Wildman–Crippen LogP) is 4.38. The molecule has 2 aromatic heterocycles. The third kappa shape index (κ3) is 4.93. The minimum atomic E-state index is -2.78. The molecule has 0 saturated heterocycles. The zero-order valence-electron chi connectivity index (χ0n) is 15.9. The van der Waals surface area contributed by atoms with Crippen LogP contribution >= 0.6 is 0 Å². The van der Waals surface area contributed by atoms with Crippen molar-refractivity contribution in [3.05, 3.63) is 83.4 Å². The largest absolute Gasteiger partial charge is 0.462 e. The number of amidine groups is 1. The van der Waals surface area contributed by atoms with Crippen LogP contribution in [-0.2, 0) is 4.74 Å². The second-order valence-corrected chi connectivity index (χ2v) is 5.92. The number of aromatic amines is 1. The Kier molecular flexibility index (Phi) is 6.63. The first-order valence-electron chi connectivity index (χ1n) is 9.00. The lowest BCUT2D eigenvalue weighted by Gasteiger charge is -2.10. The molecule has 2 heterocycles. The zero-order chi connectivity index (χ0) is 21.5. The molecule has 9 heteroatoms. The second-order valence-electron chi connectivity index (χ2n) is 5.92. The van der Waals surface area contributed by atoms with E-state index >= 15 is 0 Å². The fourth-order valence-corrected chi connectivity index (χ4v) is 2.52. The quantitative estimate of drug-likeness (QED) is 0.357. The van der Waals surface area contributed by atoms with Crippen molar-refractivity contribution in [2.24, 2.45) is 4.99 Å². The summed E-state index contributed by atoms with van der Waals surface area (Å²) in [5.74, 6) is -0.707. The van der Waals surface area contributed by atoms with Crippen molar-refractivity contribution in [3.8, 4) is 5.75 Å². The van der Waals surface area contributed by atoms with Crippen LogP contribution in [0.1, 0.15) is 40.8 Å². The first kappa shape index (κ1) is 20.8. The van der Waals surface area contributed by atoms with Gasteiger partial charge in [-0.3, -0.25) is 5.41 Å². The van der Waals surface area contributed by atoms with E-state index in [4.69, 9.17) is 14.9 Å². The van der Waals surface area contributed by atoms with Crippen LogP contribution in [0, 0.1) is 5.41 Å². The molecular weight excluding hydrogens is 394 g/mol. The summed E-state index contributed by atoms with van der Waals surface area (Å²) in [6, 6.07) is 14.0. The van der Waals surface area contributed by atoms with Crippen LogP contribution in [0.5, 0.6) is 5.75 Å². The molecule has 2 N–H and O–H groups in total. The number of rotatable bonds is 6. The van der Waals surface area contributed by atoms with Crippen molar-refractivity contribution >= 4 is 17.7 Å². The van der Waals surface area contributed by atoms with E-state index in [1.807, 2.05) is 0 Å². The summed E-state index contributed by atoms with van der Waals surface area (Å²) < 4.78 is 36.7. The number of alkyl halides is 2. The molecule has 30 heavy (non-hydrogen) atoms. The summed E-state index contributed by atoms with van der Waals surface area (Å²) in [7, 11) is 0. The van der Waals surface area contributed by atoms with Gasteiger partial charge in [-0.05, 0) is 37.3 Å². The molecule has 0 saturated carbocycles. The number of H-pyrrole nitrogens is 1. The average Bonchev–Trinajstić information content (AvgIpc) is 3.24. The lowest BCUT2D eigenvalue weighted by molar-refractivity contribution is 0.0526. The van der Waals surface area contributed by atoms with E-state index in [2.05, 4.69) is 15.0 Å². The van der Waals surface area contributed by atoms with Crippen molar-refractivity contribution in [1.29, 1.82) is 5.41 Å². The Balaban J connectivity index is 2.02. The molecule has 0 amide bonds. The maximum absolute atomic E-state index is 12.9. The number of benzene rings is 1. The van der Waals surface area contributed by atoms with Crippen molar-refractivity contribution in [3.63, 3.8) is 0 Å². The molecule has 3 rings (SSSR count). The van der Waals surface area contributed by atoms with Gasteiger partial charge >= 0.3 is 5.97 Å². The Labute approximate surface area is 170 Å². The molecule has 0 aliphatic rings. The molecule has 0 atom stereocenters. The zero-order valence-corrected chi connectivity index (χ0v) is 15.9. The van der Waals surface area contributed by atoms with E-state index in [9.17, 15) is 13.6 Å². The molecule has 0 aliphatic carbocycles. The minimum absolute atomic E-state index is 0.0637. The van der Waals surface area contributed by atoms with Gasteiger partial charge in [-0.1, -0.05) is 24.3 Å². The summed E-state index contributed by atoms with van der Waals surface area (Å²) in [6.07, 6.45) is -1.27. The van der Waals surface area contributed by atoms with E-state index in [0.717, 1.165) is 6.07 Å². The van der Waals surface area contributed by atoms with E-state index in [1.165, 1.54) is 24.4 Å². The van der Waals surface area contributed by atoms with E-state index in [0.29, 0.717) is 5.75 Å². The molecule has 0 spiro atoms. The van der Waals surface area contributed by atoms with E-state index in [-0.39, 0.29) is 29.5 Å². The molecular formula is C21H18F2N4O3. The second kappa shape index (κ2) is 9.55. The Morgan fingerprint density at radius 1 is 1.17 bits per heavy atom. The molecule has 1 aromatic carbocycles. The molecule has 7 nitrogen and oxygen atoms in total. The van der Waals surface area contributed by atoms with Gasteiger partial charge in [0.1, 0.15) is 22.8 Å². The number of pyridine rings is 1. The van der Waals surface area contributed by atoms with Gasteiger partial charge in [0, 0.05) is 6.20 Å². The van der Waals surface area contributed by atoms with Gasteiger partial charge in [-0.15, -0.1) is 0 Å². The summed E-state index contributed by atoms with van der Waals surface area (Å²) >= 11 is 0. The number of ether oxygens (including phenoxy) is 2. The third-order valence-electron chi connectivity index (χ3n) is 3.86. The number of carbonyl (C=O) groups is 1. The van der Waals surface area contributed by atoms with Crippen molar-refractivity contribution in [2.45, 2.75) is 13.3 Å². The smallest absolute Gasteiger partial charge is 0.340 e. The molecule has 0 unspecified atom stereocenters. The van der Waals surface area contributed by atoms with Gasteiger partial charge in [0.15, 0.2) is 5.84 Å². The predicted molar refractivity (Wildman–Crippen MR) is 106 cm³/mol. The van der Waals surface area contributed by atoms with Crippen LogP contribution < -0.4 is 4.74 Å². The molecule has 3 aromatic rings. The highest BCUT2D eigenvalue weighted by Gasteiger charge is 2.21. The van der Waals surface area contributed by atoms with Gasteiger partial charge in [-0.2, -0.15) is 4.99 Å². The minimum Gasteiger partial charge on any atom is -0.462 e. The van der Waals surface area contributed by atoms with Crippen LogP contribution in [0.15, 0.2) is 65.8 Å². The third-order valence-corrected chi connectivity index (χ3v) is 3.86. The van der Waals surface area contributed by atoms with Crippen LogP contribution in [0.2, 0.25) is 0 Å². The summed E-state index contributed by atoms with van der Waals surface area (Å²) in [5, 5.41) is 8.22. The first-order chi connectivity index (χ1) is 14.5. The highest BCUT2D eigenvalue weighted by atomic mass is 19.3. The first-order valence-corrected chi connectivity index (χ1v) is 9.00. The number of aliphatic imine (C=N–C) groups is 1. The number of carbonyl (C=O) groups excluding carboxylic acids is 1. The maximum Gasteiger partial charge on any atom is 0.340 e. The summed E-state index contributed by atoms with van der Waals surface area (Å²) in [6.45, 7) is 1.85. The van der Waals surface area contributed by atoms with E-state index < -0.39 is 23.9 Å². The Morgan fingerprint density at radius 3 is 2.63 bits per heavy atom. The topological polar surface area (TPSA) is 100 Å². The number of aromatic nitrogens is 2. The number of hydrogen-bond acceptors (Lipinski definition) is 5. The van der Waals surface area contributed by atoms with Gasteiger partial charge in [0.2, 0.25) is 5.90 Å². The monoisotopic (exact) mass is 412 g/mol. The number of halogens is 2. The van der Waals surface area contributed by atoms with Gasteiger partial charge in [0.25, 0.3) is 6.43 Å². The number of para-hydroxylation sites is 1. The number of nitrogens with one attached hydrogen (secondary N) is 2. The number of esters is 1. The van der Waals surface area contributed by atoms with Crippen LogP contribution in [0.3, 0.4) is 0 Å². The number of nitrogens with zero attached hydrogens (tertiary/aromatic N) is 2. The average molecular weight is 412 g/mol. The van der Waals surface area contributed by atoms with E-state index in [1.54, 1.807) is 37.3 Å². The van der Waals surface area contributed by atoms with Gasteiger partial charge in [-0.25, -0.2) is 18.6 Å². The SMILES string of the molecule is CCOC(=O)c1cc[nH]c1C(=NC(=N)c1cccc(C(F)F)n1)Oc1ccccc1. The van der Waals surface area contributed by atoms with Gasteiger partial charge < -0.3 is 14.5 Å². The fraction of sp³-hybridized carbons (Fsp3) is 0.143. The van der Waals surface area contributed by atoms with Crippen LogP contribution in [-0.4, -0.2) is 34.3 Å². The molecule has 0 radical (unpaired) electrons. The van der Waals surface area contributed by atoms with Crippen molar-refractivity contribution < 1.29 is 23.0 Å². The van der Waals surface area contributed by atoms with Gasteiger partial charge in [0.05, 0.1) is 12.2 Å². The standard InChI is InChI=1S/C21H18F2N4O3/c1-2-29-21(28)14-11-12-25-17(14)20(30-13-7-4-3-5-8-13)27-19(24)16-10-6-9-15(26-16)18(22)23/h3-12,18,24-25H,2H2,1H3. The normalized spacial score (nSPS) is 11.4.